The number of nitrogens with two attached hydrogens (primary N) is 1. The number of hydrogen-bond donors (Lipinski definition) is 2. The zero-order valence-electron chi connectivity index (χ0n) is 19.4. The number of hydrogen-bond acceptors (Lipinski definition) is 4. The maximum Gasteiger partial charge on any atom is 0.490 e. The third-order valence-corrected chi connectivity index (χ3v) is 6.24. The summed E-state index contributed by atoms with van der Waals surface area (Å²) in [4.78, 5) is 35.7. The number of ketones is 1. The summed E-state index contributed by atoms with van der Waals surface area (Å²) in [5.41, 5.74) is 8.02. The molecule has 2 aliphatic rings. The molecule has 1 amide bonds. The zero-order chi connectivity index (χ0) is 25.3. The molecule has 1 fully saturated rings. The highest BCUT2D eigenvalue weighted by atomic mass is 19.4. The van der Waals surface area contributed by atoms with Gasteiger partial charge in [-0.1, -0.05) is 56.4 Å². The molecule has 2 atom stereocenters. The third kappa shape index (κ3) is 8.59. The Labute approximate surface area is 198 Å². The lowest BCUT2D eigenvalue weighted by molar-refractivity contribution is -0.192. The van der Waals surface area contributed by atoms with Crippen molar-refractivity contribution in [2.75, 3.05) is 11.4 Å². The third-order valence-electron chi connectivity index (χ3n) is 6.24. The SMILES string of the molecule is C[C@H](N)C(=O)C[C@H](/C=C/C(=O)N1CCc2ccccc21)CC1CCCCC1.O=C(O)C(F)(F)F. The largest absolute Gasteiger partial charge is 0.490 e. The standard InChI is InChI=1S/C23H32N2O2.C2HF3O2/c1-17(24)22(26)16-19(15-18-7-3-2-4-8-18)11-12-23(27)25-14-13-20-9-5-6-10-21(20)25;3-2(4,5)1(6)7/h5-6,9-12,17-19H,2-4,7-8,13-16,24H2,1H3;(H,6,7)/b12-11+;/t17-,19+;/m0./s1. The molecule has 188 valence electrons. The van der Waals surface area contributed by atoms with Gasteiger partial charge in [0.15, 0.2) is 0 Å². The van der Waals surface area contributed by atoms with E-state index in [0.717, 1.165) is 25.1 Å². The van der Waals surface area contributed by atoms with Crippen molar-refractivity contribution in [3.8, 4) is 0 Å². The minimum atomic E-state index is -5.08. The Morgan fingerprint density at radius 3 is 2.38 bits per heavy atom. The summed E-state index contributed by atoms with van der Waals surface area (Å²) in [7, 11) is 0. The Balaban J connectivity index is 0.000000509. The van der Waals surface area contributed by atoms with Crippen LogP contribution in [-0.4, -0.2) is 41.5 Å². The second kappa shape index (κ2) is 12.7. The fourth-order valence-electron chi connectivity index (χ4n) is 4.40. The van der Waals surface area contributed by atoms with Gasteiger partial charge in [-0.25, -0.2) is 4.79 Å². The Morgan fingerprint density at radius 1 is 1.18 bits per heavy atom. The highest BCUT2D eigenvalue weighted by Gasteiger charge is 2.38. The number of carboxylic acids is 1. The van der Waals surface area contributed by atoms with Crippen molar-refractivity contribution in [2.45, 2.75) is 70.5 Å². The summed E-state index contributed by atoms with van der Waals surface area (Å²) in [6.07, 6.45) is 7.27. The number of anilines is 1. The van der Waals surface area contributed by atoms with E-state index >= 15 is 0 Å². The van der Waals surface area contributed by atoms with Gasteiger partial charge in [0.25, 0.3) is 5.91 Å². The van der Waals surface area contributed by atoms with Crippen LogP contribution in [0.4, 0.5) is 18.9 Å². The van der Waals surface area contributed by atoms with Crippen molar-refractivity contribution >= 4 is 23.3 Å². The van der Waals surface area contributed by atoms with Crippen LogP contribution in [0.3, 0.4) is 0 Å². The minimum Gasteiger partial charge on any atom is -0.475 e. The first kappa shape index (κ1) is 27.6. The molecule has 1 heterocycles. The summed E-state index contributed by atoms with van der Waals surface area (Å²) in [5.74, 6) is -1.89. The van der Waals surface area contributed by atoms with E-state index in [1.165, 1.54) is 37.7 Å². The summed E-state index contributed by atoms with van der Waals surface area (Å²) in [5, 5.41) is 7.12. The number of rotatable bonds is 7. The molecule has 1 aromatic carbocycles. The lowest BCUT2D eigenvalue weighted by atomic mass is 9.81. The average molecular weight is 483 g/mol. The fraction of sp³-hybridized carbons (Fsp3) is 0.560. The van der Waals surface area contributed by atoms with E-state index in [1.54, 1.807) is 13.0 Å². The van der Waals surface area contributed by atoms with Crippen molar-refractivity contribution < 1.29 is 32.7 Å². The molecule has 3 N–H and O–H groups in total. The molecule has 0 bridgehead atoms. The van der Waals surface area contributed by atoms with E-state index < -0.39 is 18.2 Å². The quantitative estimate of drug-likeness (QED) is 0.551. The number of nitrogens with zero attached hydrogens (tertiary/aromatic N) is 1. The summed E-state index contributed by atoms with van der Waals surface area (Å²) in [6.45, 7) is 2.48. The first-order valence-electron chi connectivity index (χ1n) is 11.6. The van der Waals surface area contributed by atoms with Gasteiger partial charge in [-0.15, -0.1) is 0 Å². The first-order valence-corrected chi connectivity index (χ1v) is 11.6. The Hall–Kier alpha value is -2.68. The predicted molar refractivity (Wildman–Crippen MR) is 123 cm³/mol. The second-order valence-electron chi connectivity index (χ2n) is 8.99. The molecular formula is C25H33F3N2O4. The van der Waals surface area contributed by atoms with E-state index in [-0.39, 0.29) is 17.6 Å². The Bertz CT molecular complexity index is 877. The van der Waals surface area contributed by atoms with Crippen molar-refractivity contribution in [1.82, 2.24) is 0 Å². The second-order valence-corrected chi connectivity index (χ2v) is 8.99. The van der Waals surface area contributed by atoms with Crippen LogP contribution in [0.5, 0.6) is 0 Å². The number of fused-ring (bicyclic) bond motifs is 1. The predicted octanol–water partition coefficient (Wildman–Crippen LogP) is 4.66. The summed E-state index contributed by atoms with van der Waals surface area (Å²) >= 11 is 0. The van der Waals surface area contributed by atoms with Crippen LogP contribution >= 0.6 is 0 Å². The molecular weight excluding hydrogens is 449 g/mol. The maximum atomic E-state index is 12.8. The monoisotopic (exact) mass is 482 g/mol. The number of benzene rings is 1. The molecule has 1 saturated carbocycles. The van der Waals surface area contributed by atoms with Gasteiger partial charge in [-0.05, 0) is 49.3 Å². The van der Waals surface area contributed by atoms with Gasteiger partial charge < -0.3 is 15.7 Å². The van der Waals surface area contributed by atoms with Gasteiger partial charge in [-0.3, -0.25) is 9.59 Å². The topological polar surface area (TPSA) is 101 Å². The lowest BCUT2D eigenvalue weighted by Crippen LogP contribution is -2.29. The highest BCUT2D eigenvalue weighted by molar-refractivity contribution is 6.02. The molecule has 0 aromatic heterocycles. The Kier molecular flexibility index (Phi) is 10.3. The van der Waals surface area contributed by atoms with Crippen molar-refractivity contribution in [1.29, 1.82) is 0 Å². The number of allylic oxidation sites excluding steroid dienone is 1. The minimum absolute atomic E-state index is 0.0156. The van der Waals surface area contributed by atoms with Crippen LogP contribution in [0, 0.1) is 11.8 Å². The molecule has 0 saturated heterocycles. The summed E-state index contributed by atoms with van der Waals surface area (Å²) < 4.78 is 31.7. The fourth-order valence-corrected chi connectivity index (χ4v) is 4.40. The summed E-state index contributed by atoms with van der Waals surface area (Å²) in [6, 6.07) is 7.64. The number of aliphatic carboxylic acids is 1. The highest BCUT2D eigenvalue weighted by Crippen LogP contribution is 2.31. The number of alkyl halides is 3. The van der Waals surface area contributed by atoms with E-state index in [1.807, 2.05) is 29.2 Å². The van der Waals surface area contributed by atoms with Gasteiger partial charge in [0.05, 0.1) is 6.04 Å². The molecule has 1 aromatic rings. The van der Waals surface area contributed by atoms with E-state index in [9.17, 15) is 22.8 Å². The average Bonchev–Trinajstić information content (AvgIpc) is 3.22. The zero-order valence-corrected chi connectivity index (χ0v) is 19.4. The normalized spacial score (nSPS) is 18.1. The van der Waals surface area contributed by atoms with Crippen LogP contribution in [-0.2, 0) is 20.8 Å². The van der Waals surface area contributed by atoms with Crippen LogP contribution in [0.15, 0.2) is 36.4 Å². The van der Waals surface area contributed by atoms with E-state index in [4.69, 9.17) is 15.6 Å². The van der Waals surface area contributed by atoms with Gasteiger partial charge in [0.2, 0.25) is 0 Å². The van der Waals surface area contributed by atoms with Crippen molar-refractivity contribution in [3.63, 3.8) is 0 Å². The number of carboxylic acid groups (broad SMARTS) is 1. The maximum absolute atomic E-state index is 12.8. The molecule has 6 nitrogen and oxygen atoms in total. The number of carbonyl (C=O) groups is 3. The molecule has 1 aliphatic heterocycles. The number of amides is 1. The van der Waals surface area contributed by atoms with E-state index in [2.05, 4.69) is 6.07 Å². The lowest BCUT2D eigenvalue weighted by Gasteiger charge is -2.25. The molecule has 1 aliphatic carbocycles. The van der Waals surface area contributed by atoms with Crippen molar-refractivity contribution in [2.24, 2.45) is 17.6 Å². The van der Waals surface area contributed by atoms with Gasteiger partial charge >= 0.3 is 12.1 Å². The van der Waals surface area contributed by atoms with Crippen LogP contribution < -0.4 is 10.6 Å². The van der Waals surface area contributed by atoms with Crippen molar-refractivity contribution in [3.05, 3.63) is 42.0 Å². The molecule has 0 spiro atoms. The van der Waals surface area contributed by atoms with Gasteiger partial charge in [-0.2, -0.15) is 13.2 Å². The number of Topliss-reactive ketones (excluding diaryl/α,β-unsaturated/α-hetero) is 1. The molecule has 0 unspecified atom stereocenters. The molecule has 9 heteroatoms. The van der Waals surface area contributed by atoms with Crippen LogP contribution in [0.2, 0.25) is 0 Å². The molecule has 34 heavy (non-hydrogen) atoms. The molecule has 3 rings (SSSR count). The van der Waals surface area contributed by atoms with Gasteiger partial charge in [0.1, 0.15) is 5.78 Å². The molecule has 0 radical (unpaired) electrons. The number of carbonyl (C=O) groups excluding carboxylic acids is 2. The van der Waals surface area contributed by atoms with Crippen LogP contribution in [0.25, 0.3) is 0 Å². The van der Waals surface area contributed by atoms with Crippen LogP contribution in [0.1, 0.15) is 57.4 Å². The Morgan fingerprint density at radius 2 is 1.79 bits per heavy atom. The first-order chi connectivity index (χ1) is 16.0. The van der Waals surface area contributed by atoms with Gasteiger partial charge in [0, 0.05) is 18.7 Å². The smallest absolute Gasteiger partial charge is 0.475 e. The number of para-hydroxylation sites is 1. The number of halogens is 3. The van der Waals surface area contributed by atoms with E-state index in [0.29, 0.717) is 12.3 Å².